The second-order valence-corrected chi connectivity index (χ2v) is 20.9. The van der Waals surface area contributed by atoms with E-state index >= 15 is 0 Å². The van der Waals surface area contributed by atoms with E-state index in [1.807, 2.05) is 36.4 Å². The standard InChI is InChI=1S/C64H63ClN6/c1-31-35(5)43(13)58-51(39(31)9)28-52-40(10)32(2)36(6)44(14)59(52)70(58)56-25-22-47(30-66)26-55(56)64-68-62(48-20-18-17-19-21-48)67-63(69-64)50-24-23-49(65)27-57(50)71-60-45(15)37(7)33(3)41(11)53(60)29-54-42(12)34(4)38(8)46(16)61(54)71/h17-27H,28-29H2,1-16H3. The molecule has 0 atom stereocenters. The summed E-state index contributed by atoms with van der Waals surface area (Å²) < 4.78 is 0. The molecule has 2 aliphatic rings. The minimum Gasteiger partial charge on any atom is -0.309 e. The van der Waals surface area contributed by atoms with Gasteiger partial charge >= 0.3 is 0 Å². The SMILES string of the molecule is Cc1c(C)c(C)c2c(c1C)Cc1c(C)c(C)c(C)c(C)c1N2c1ccc(C#N)cc1-c1nc(-c2ccccc2)nc(-c2ccc(Cl)cc2N2c3c(C)c(C)c(C)c(C)c3Cc3c(C)c(C)c(C)c(C)c32)n1. The van der Waals surface area contributed by atoms with Crippen molar-refractivity contribution >= 4 is 45.7 Å². The molecule has 0 saturated carbocycles. The third kappa shape index (κ3) is 7.14. The van der Waals surface area contributed by atoms with Crippen molar-refractivity contribution in [3.8, 4) is 40.2 Å². The summed E-state index contributed by atoms with van der Waals surface area (Å²) in [6, 6.07) is 24.7. The average Bonchev–Trinajstić information content (AvgIpc) is 3.38. The first-order chi connectivity index (χ1) is 33.8. The molecule has 0 N–H and O–H groups in total. The minimum absolute atomic E-state index is 0.475. The van der Waals surface area contributed by atoms with E-state index < -0.39 is 0 Å². The summed E-state index contributed by atoms with van der Waals surface area (Å²) in [6.45, 7) is 36.1. The van der Waals surface area contributed by atoms with Gasteiger partial charge in [-0.15, -0.1) is 0 Å². The Labute approximate surface area is 426 Å². The third-order valence-electron chi connectivity index (χ3n) is 17.4. The van der Waals surface area contributed by atoms with E-state index in [1.165, 1.54) is 134 Å². The lowest BCUT2D eigenvalue weighted by Crippen LogP contribution is -2.25. The third-order valence-corrected chi connectivity index (χ3v) is 17.7. The van der Waals surface area contributed by atoms with Gasteiger partial charge in [-0.05, 0) is 258 Å². The molecule has 1 aromatic heterocycles. The molecule has 8 aromatic rings. The van der Waals surface area contributed by atoms with Crippen molar-refractivity contribution in [2.45, 2.75) is 124 Å². The summed E-state index contributed by atoms with van der Waals surface area (Å²) >= 11 is 7.18. The molecule has 0 bridgehead atoms. The highest BCUT2D eigenvalue weighted by Gasteiger charge is 2.37. The summed E-state index contributed by atoms with van der Waals surface area (Å²) in [5.41, 5.74) is 35.3. The second kappa shape index (κ2) is 17.4. The van der Waals surface area contributed by atoms with Crippen molar-refractivity contribution in [2.75, 3.05) is 9.80 Å². The Morgan fingerprint density at radius 1 is 0.394 bits per heavy atom. The highest BCUT2D eigenvalue weighted by atomic mass is 35.5. The first-order valence-corrected chi connectivity index (χ1v) is 25.3. The lowest BCUT2D eigenvalue weighted by molar-refractivity contribution is 0.992. The molecule has 0 radical (unpaired) electrons. The molecule has 7 heteroatoms. The Kier molecular flexibility index (Phi) is 11.6. The largest absolute Gasteiger partial charge is 0.309 e. The molecule has 0 fully saturated rings. The number of rotatable bonds is 5. The van der Waals surface area contributed by atoms with Crippen molar-refractivity contribution in [3.63, 3.8) is 0 Å². The lowest BCUT2D eigenvalue weighted by Gasteiger charge is -2.40. The van der Waals surface area contributed by atoms with E-state index in [0.717, 1.165) is 40.9 Å². The summed E-state index contributed by atoms with van der Waals surface area (Å²) in [5, 5.41) is 11.3. The van der Waals surface area contributed by atoms with Crippen LogP contribution in [0.25, 0.3) is 34.2 Å². The molecule has 0 aliphatic carbocycles. The van der Waals surface area contributed by atoms with Crippen LogP contribution in [0.5, 0.6) is 0 Å². The molecular formula is C64H63ClN6. The molecule has 356 valence electrons. The smallest absolute Gasteiger partial charge is 0.166 e. The van der Waals surface area contributed by atoms with Gasteiger partial charge in [-0.25, -0.2) is 15.0 Å². The molecule has 0 amide bonds. The predicted molar refractivity (Wildman–Crippen MR) is 297 cm³/mol. The van der Waals surface area contributed by atoms with Crippen LogP contribution in [-0.2, 0) is 12.8 Å². The Morgan fingerprint density at radius 2 is 0.775 bits per heavy atom. The van der Waals surface area contributed by atoms with E-state index in [0.29, 0.717) is 28.1 Å². The number of anilines is 6. The van der Waals surface area contributed by atoms with E-state index in [-0.39, 0.29) is 0 Å². The monoisotopic (exact) mass is 950 g/mol. The van der Waals surface area contributed by atoms with Crippen LogP contribution in [0, 0.1) is 122 Å². The van der Waals surface area contributed by atoms with Gasteiger partial charge in [0.05, 0.1) is 45.8 Å². The quantitative estimate of drug-likeness (QED) is 0.171. The summed E-state index contributed by atoms with van der Waals surface area (Å²) in [5.74, 6) is 1.52. The van der Waals surface area contributed by atoms with Crippen LogP contribution in [0.15, 0.2) is 66.7 Å². The summed E-state index contributed by atoms with van der Waals surface area (Å²) in [4.78, 5) is 21.4. The Bertz CT molecular complexity index is 3550. The van der Waals surface area contributed by atoms with Crippen LogP contribution in [0.2, 0.25) is 5.02 Å². The van der Waals surface area contributed by atoms with E-state index in [9.17, 15) is 5.26 Å². The minimum atomic E-state index is 0.475. The van der Waals surface area contributed by atoms with Crippen LogP contribution >= 0.6 is 11.6 Å². The number of halogens is 1. The lowest BCUT2D eigenvalue weighted by atomic mass is 9.80. The van der Waals surface area contributed by atoms with Gasteiger partial charge in [0.25, 0.3) is 0 Å². The van der Waals surface area contributed by atoms with Crippen molar-refractivity contribution in [2.24, 2.45) is 0 Å². The van der Waals surface area contributed by atoms with Gasteiger partial charge in [-0.1, -0.05) is 41.9 Å². The van der Waals surface area contributed by atoms with Gasteiger partial charge in [0.2, 0.25) is 0 Å². The summed E-state index contributed by atoms with van der Waals surface area (Å²) in [6.07, 6.45) is 1.67. The Hall–Kier alpha value is -7.07. The first kappa shape index (κ1) is 47.6. The molecule has 2 aliphatic heterocycles. The normalized spacial score (nSPS) is 12.7. The van der Waals surface area contributed by atoms with Gasteiger partial charge < -0.3 is 9.80 Å². The molecule has 0 unspecified atom stereocenters. The van der Waals surface area contributed by atoms with Crippen molar-refractivity contribution < 1.29 is 0 Å². The fraction of sp³-hybridized carbons (Fsp3) is 0.281. The first-order valence-electron chi connectivity index (χ1n) is 24.9. The molecule has 10 rings (SSSR count). The maximum Gasteiger partial charge on any atom is 0.166 e. The number of nitrogens with zero attached hydrogens (tertiary/aromatic N) is 6. The maximum atomic E-state index is 10.7. The van der Waals surface area contributed by atoms with Crippen molar-refractivity contribution in [3.05, 3.63) is 189 Å². The maximum absolute atomic E-state index is 10.7. The highest BCUT2D eigenvalue weighted by molar-refractivity contribution is 6.31. The van der Waals surface area contributed by atoms with E-state index in [4.69, 9.17) is 26.6 Å². The van der Waals surface area contributed by atoms with Crippen LogP contribution in [-0.4, -0.2) is 15.0 Å². The molecule has 3 heterocycles. The molecule has 0 spiro atoms. The van der Waals surface area contributed by atoms with Gasteiger partial charge in [0.1, 0.15) is 0 Å². The zero-order valence-electron chi connectivity index (χ0n) is 44.3. The van der Waals surface area contributed by atoms with E-state index in [2.05, 4.69) is 157 Å². The zero-order chi connectivity index (χ0) is 50.8. The van der Waals surface area contributed by atoms with Crippen LogP contribution in [0.1, 0.15) is 117 Å². The van der Waals surface area contributed by atoms with Gasteiger partial charge in [0, 0.05) is 34.6 Å². The van der Waals surface area contributed by atoms with Gasteiger partial charge in [-0.2, -0.15) is 5.26 Å². The van der Waals surface area contributed by atoms with Crippen LogP contribution < -0.4 is 9.80 Å². The van der Waals surface area contributed by atoms with Crippen molar-refractivity contribution in [1.29, 1.82) is 5.26 Å². The predicted octanol–water partition coefficient (Wildman–Crippen LogP) is 17.1. The molecule has 0 saturated heterocycles. The zero-order valence-corrected chi connectivity index (χ0v) is 45.1. The number of hydrogen-bond acceptors (Lipinski definition) is 6. The molecular weight excluding hydrogens is 888 g/mol. The highest BCUT2D eigenvalue weighted by Crippen LogP contribution is 2.56. The average molecular weight is 952 g/mol. The molecule has 7 aromatic carbocycles. The number of aromatic nitrogens is 3. The Balaban J connectivity index is 1.31. The Morgan fingerprint density at radius 3 is 1.20 bits per heavy atom. The van der Waals surface area contributed by atoms with Crippen molar-refractivity contribution in [1.82, 2.24) is 15.0 Å². The number of nitriles is 1. The summed E-state index contributed by atoms with van der Waals surface area (Å²) in [7, 11) is 0. The van der Waals surface area contributed by atoms with Crippen LogP contribution in [0.4, 0.5) is 34.1 Å². The van der Waals surface area contributed by atoms with Crippen LogP contribution in [0.3, 0.4) is 0 Å². The number of benzene rings is 7. The fourth-order valence-electron chi connectivity index (χ4n) is 11.8. The van der Waals surface area contributed by atoms with E-state index in [1.54, 1.807) is 0 Å². The molecule has 71 heavy (non-hydrogen) atoms. The molecule has 6 nitrogen and oxygen atoms in total. The van der Waals surface area contributed by atoms with Gasteiger partial charge in [0.15, 0.2) is 17.5 Å². The topological polar surface area (TPSA) is 68.9 Å². The number of hydrogen-bond donors (Lipinski definition) is 0. The number of fused-ring (bicyclic) bond motifs is 4. The van der Waals surface area contributed by atoms with Gasteiger partial charge in [-0.3, -0.25) is 0 Å². The fourth-order valence-corrected chi connectivity index (χ4v) is 12.0. The second-order valence-electron chi connectivity index (χ2n) is 20.5.